The number of aliphatic imine (C=N–C) groups is 1. The van der Waals surface area contributed by atoms with Gasteiger partial charge in [0.05, 0.1) is 13.2 Å². The van der Waals surface area contributed by atoms with Gasteiger partial charge in [-0.25, -0.2) is 4.79 Å². The average Bonchev–Trinajstić information content (AvgIpc) is 2.74. The van der Waals surface area contributed by atoms with Crippen LogP contribution < -0.4 is 11.1 Å². The van der Waals surface area contributed by atoms with Crippen molar-refractivity contribution in [2.24, 2.45) is 10.7 Å². The Hall–Kier alpha value is -2.28. The van der Waals surface area contributed by atoms with Crippen molar-refractivity contribution in [3.8, 4) is 0 Å². The highest BCUT2D eigenvalue weighted by Gasteiger charge is 2.24. The third-order valence-electron chi connectivity index (χ3n) is 5.49. The van der Waals surface area contributed by atoms with Crippen molar-refractivity contribution in [1.29, 1.82) is 0 Å². The summed E-state index contributed by atoms with van der Waals surface area (Å²) in [7, 11) is 0. The van der Waals surface area contributed by atoms with E-state index in [0.29, 0.717) is 38.2 Å². The number of nitrogens with zero attached hydrogens (tertiary/aromatic N) is 3. The minimum absolute atomic E-state index is 0.226. The number of ether oxygens (including phenoxy) is 1. The number of carbonyl (C=O) groups is 1. The van der Waals surface area contributed by atoms with Crippen molar-refractivity contribution in [3.63, 3.8) is 0 Å². The number of hydrogen-bond acceptors (Lipinski definition) is 4. The zero-order valence-corrected chi connectivity index (χ0v) is 18.1. The Labute approximate surface area is 175 Å². The number of rotatable bonds is 9. The fourth-order valence-corrected chi connectivity index (χ4v) is 3.81. The third-order valence-corrected chi connectivity index (χ3v) is 5.49. The molecule has 0 aliphatic carbocycles. The van der Waals surface area contributed by atoms with E-state index in [1.807, 2.05) is 13.0 Å². The molecule has 0 aromatic heterocycles. The van der Waals surface area contributed by atoms with Crippen LogP contribution in [0.4, 0.5) is 4.79 Å². The van der Waals surface area contributed by atoms with Gasteiger partial charge in [0.1, 0.15) is 0 Å². The van der Waals surface area contributed by atoms with E-state index in [0.717, 1.165) is 32.4 Å². The predicted octanol–water partition coefficient (Wildman–Crippen LogP) is 2.46. The zero-order chi connectivity index (χ0) is 21.1. The lowest BCUT2D eigenvalue weighted by Crippen LogP contribution is -2.49. The minimum Gasteiger partial charge on any atom is -0.450 e. The molecule has 1 aliphatic rings. The van der Waals surface area contributed by atoms with Crippen LogP contribution >= 0.6 is 0 Å². The van der Waals surface area contributed by atoms with Gasteiger partial charge in [0.25, 0.3) is 0 Å². The molecule has 0 saturated carbocycles. The van der Waals surface area contributed by atoms with Gasteiger partial charge in [-0.3, -0.25) is 9.89 Å². The first-order chi connectivity index (χ1) is 14.1. The highest BCUT2D eigenvalue weighted by atomic mass is 16.6. The number of piperidine rings is 1. The number of nitrogens with one attached hydrogen (secondary N) is 1. The van der Waals surface area contributed by atoms with Gasteiger partial charge >= 0.3 is 6.09 Å². The lowest BCUT2D eigenvalue weighted by molar-refractivity contribution is 0.0963. The van der Waals surface area contributed by atoms with Gasteiger partial charge in [-0.2, -0.15) is 0 Å². The molecule has 0 radical (unpaired) electrons. The van der Waals surface area contributed by atoms with Gasteiger partial charge in [0.15, 0.2) is 5.96 Å². The number of amides is 1. The van der Waals surface area contributed by atoms with E-state index >= 15 is 0 Å². The van der Waals surface area contributed by atoms with E-state index in [9.17, 15) is 4.79 Å². The highest BCUT2D eigenvalue weighted by molar-refractivity contribution is 5.78. The molecule has 1 aromatic carbocycles. The molecule has 162 valence electrons. The maximum atomic E-state index is 11.8. The molecule has 1 aliphatic heterocycles. The standard InChI is InChI=1S/C22H37N5O2/c1-4-26(5-2)20(16-18-10-8-7-9-11-18)17-24-21(23)25-19-12-14-27(15-13-19)22(28)29-6-3/h7-11,19-20H,4-6,12-17H2,1-3H3,(H3,23,24,25). The Kier molecular flexibility index (Phi) is 9.77. The second-order valence-corrected chi connectivity index (χ2v) is 7.40. The van der Waals surface area contributed by atoms with Crippen LogP contribution in [0.1, 0.15) is 39.2 Å². The fraction of sp³-hybridized carbons (Fsp3) is 0.636. The number of guanidine groups is 1. The predicted molar refractivity (Wildman–Crippen MR) is 118 cm³/mol. The van der Waals surface area contributed by atoms with Crippen molar-refractivity contribution >= 4 is 12.1 Å². The molecule has 1 unspecified atom stereocenters. The number of carbonyl (C=O) groups excluding carboxylic acids is 1. The van der Waals surface area contributed by atoms with Crippen LogP contribution in [0.2, 0.25) is 0 Å². The average molecular weight is 404 g/mol. The smallest absolute Gasteiger partial charge is 0.409 e. The molecule has 3 N–H and O–H groups in total. The molecule has 7 heteroatoms. The molecule has 0 spiro atoms. The van der Waals surface area contributed by atoms with Crippen LogP contribution in [0.3, 0.4) is 0 Å². The molecule has 2 rings (SSSR count). The maximum Gasteiger partial charge on any atom is 0.409 e. The van der Waals surface area contributed by atoms with E-state index in [-0.39, 0.29) is 12.1 Å². The Morgan fingerprint density at radius 3 is 2.48 bits per heavy atom. The summed E-state index contributed by atoms with van der Waals surface area (Å²) < 4.78 is 5.07. The summed E-state index contributed by atoms with van der Waals surface area (Å²) in [4.78, 5) is 20.6. The van der Waals surface area contributed by atoms with Crippen LogP contribution in [0, 0.1) is 0 Å². The Morgan fingerprint density at radius 2 is 1.90 bits per heavy atom. The third kappa shape index (κ3) is 7.57. The fourth-order valence-electron chi connectivity index (χ4n) is 3.81. The monoisotopic (exact) mass is 403 g/mol. The lowest BCUT2D eigenvalue weighted by Gasteiger charge is -2.32. The van der Waals surface area contributed by atoms with Crippen molar-refractivity contribution in [2.75, 3.05) is 39.3 Å². The lowest BCUT2D eigenvalue weighted by atomic mass is 10.0. The quantitative estimate of drug-likeness (QED) is 0.489. The number of nitrogens with two attached hydrogens (primary N) is 1. The molecule has 1 fully saturated rings. The van der Waals surface area contributed by atoms with E-state index in [4.69, 9.17) is 10.5 Å². The second-order valence-electron chi connectivity index (χ2n) is 7.40. The van der Waals surface area contributed by atoms with Crippen LogP contribution in [0.25, 0.3) is 0 Å². The first-order valence-corrected chi connectivity index (χ1v) is 10.8. The zero-order valence-electron chi connectivity index (χ0n) is 18.1. The Bertz CT molecular complexity index is 625. The SMILES string of the molecule is CCOC(=O)N1CCC(NC(N)=NCC(Cc2ccccc2)N(CC)CC)CC1. The molecule has 1 heterocycles. The number of likely N-dealkylation sites (tertiary alicyclic amines) is 1. The molecular weight excluding hydrogens is 366 g/mol. The van der Waals surface area contributed by atoms with Crippen LogP contribution in [0.15, 0.2) is 35.3 Å². The minimum atomic E-state index is -0.226. The largest absolute Gasteiger partial charge is 0.450 e. The number of likely N-dealkylation sites (N-methyl/N-ethyl adjacent to an activating group) is 1. The molecule has 1 saturated heterocycles. The van der Waals surface area contributed by atoms with Gasteiger partial charge in [-0.1, -0.05) is 44.2 Å². The van der Waals surface area contributed by atoms with Gasteiger partial charge in [0.2, 0.25) is 0 Å². The van der Waals surface area contributed by atoms with Gasteiger partial charge in [-0.15, -0.1) is 0 Å². The van der Waals surface area contributed by atoms with Crippen molar-refractivity contribution in [1.82, 2.24) is 15.1 Å². The summed E-state index contributed by atoms with van der Waals surface area (Å²) in [6.45, 7) is 10.6. The van der Waals surface area contributed by atoms with E-state index < -0.39 is 0 Å². The highest BCUT2D eigenvalue weighted by Crippen LogP contribution is 2.12. The molecule has 29 heavy (non-hydrogen) atoms. The molecular formula is C22H37N5O2. The van der Waals surface area contributed by atoms with Crippen LogP contribution in [-0.4, -0.2) is 73.3 Å². The summed E-state index contributed by atoms with van der Waals surface area (Å²) in [5.74, 6) is 0.491. The normalized spacial score (nSPS) is 16.7. The first-order valence-electron chi connectivity index (χ1n) is 10.8. The van der Waals surface area contributed by atoms with E-state index in [1.165, 1.54) is 5.56 Å². The van der Waals surface area contributed by atoms with E-state index in [2.05, 4.69) is 53.3 Å². The number of benzene rings is 1. The summed E-state index contributed by atoms with van der Waals surface area (Å²) in [6.07, 6.45) is 2.42. The maximum absolute atomic E-state index is 11.8. The van der Waals surface area contributed by atoms with Crippen molar-refractivity contribution < 1.29 is 9.53 Å². The molecule has 1 atom stereocenters. The second kappa shape index (κ2) is 12.3. The molecule has 0 bridgehead atoms. The summed E-state index contributed by atoms with van der Waals surface area (Å²) in [5.41, 5.74) is 7.50. The van der Waals surface area contributed by atoms with Gasteiger partial charge < -0.3 is 20.7 Å². The summed E-state index contributed by atoms with van der Waals surface area (Å²) >= 11 is 0. The van der Waals surface area contributed by atoms with Gasteiger partial charge in [0, 0.05) is 25.2 Å². The van der Waals surface area contributed by atoms with Gasteiger partial charge in [-0.05, 0) is 44.8 Å². The summed E-state index contributed by atoms with van der Waals surface area (Å²) in [6, 6.07) is 11.1. The Morgan fingerprint density at radius 1 is 1.24 bits per heavy atom. The van der Waals surface area contributed by atoms with E-state index in [1.54, 1.807) is 4.90 Å². The Balaban J connectivity index is 1.87. The molecule has 1 aromatic rings. The topological polar surface area (TPSA) is 83.2 Å². The first kappa shape index (κ1) is 23.0. The summed E-state index contributed by atoms with van der Waals surface area (Å²) in [5, 5.41) is 3.33. The van der Waals surface area contributed by atoms with Crippen molar-refractivity contribution in [2.45, 2.75) is 52.1 Å². The number of hydrogen-bond donors (Lipinski definition) is 2. The molecule has 1 amide bonds. The molecule has 7 nitrogen and oxygen atoms in total. The van der Waals surface area contributed by atoms with Crippen LogP contribution in [0.5, 0.6) is 0 Å². The van der Waals surface area contributed by atoms with Crippen molar-refractivity contribution in [3.05, 3.63) is 35.9 Å². The van der Waals surface area contributed by atoms with Crippen LogP contribution in [-0.2, 0) is 11.2 Å².